The van der Waals surface area contributed by atoms with Gasteiger partial charge in [0.25, 0.3) is 0 Å². The Balaban J connectivity index is 0.896. The van der Waals surface area contributed by atoms with Gasteiger partial charge in [0, 0.05) is 87.3 Å². The van der Waals surface area contributed by atoms with Gasteiger partial charge in [-0.3, -0.25) is 0 Å². The number of anilines is 3. The highest BCUT2D eigenvalue weighted by atomic mass is 32.2. The fourth-order valence-electron chi connectivity index (χ4n) is 19.0. The summed E-state index contributed by atoms with van der Waals surface area (Å²) in [6.07, 6.45) is 0. The predicted octanol–water partition coefficient (Wildman–Crippen LogP) is 32.4. The molecule has 113 heavy (non-hydrogen) atoms. The van der Waals surface area contributed by atoms with Crippen LogP contribution in [0.5, 0.6) is 0 Å². The summed E-state index contributed by atoms with van der Waals surface area (Å²) in [6, 6.07) is 74.0. The second-order valence-electron chi connectivity index (χ2n) is 31.9. The molecule has 2 atom stereocenters. The quantitative estimate of drug-likeness (QED) is 0.148. The Kier molecular flexibility index (Phi) is 16.6. The number of allylic oxidation sites excluding steroid dienone is 2. The zero-order valence-electron chi connectivity index (χ0n) is 66.6. The number of benzene rings is 13. The molecule has 12 heteroatoms. The summed E-state index contributed by atoms with van der Waals surface area (Å²) in [6.45, 7) is 40.4. The second kappa shape index (κ2) is 26.2. The van der Waals surface area contributed by atoms with E-state index in [1.807, 2.05) is 68.9 Å². The van der Waals surface area contributed by atoms with Crippen molar-refractivity contribution in [1.29, 1.82) is 0 Å². The van der Waals surface area contributed by atoms with Crippen LogP contribution < -0.4 is 4.90 Å². The number of nitrogens with zero attached hydrogens (tertiary/aromatic N) is 4. The number of hydrogen-bond donors (Lipinski definition) is 0. The Labute approximate surface area is 693 Å². The Morgan fingerprint density at radius 2 is 0.637 bits per heavy atom. The molecule has 7 heterocycles. The maximum absolute atomic E-state index is 2.74. The van der Waals surface area contributed by atoms with Crippen LogP contribution in [0.1, 0.15) is 101 Å². The summed E-state index contributed by atoms with van der Waals surface area (Å²) in [5.74, 6) is 0. The zero-order valence-corrected chi connectivity index (χ0v) is 73.1. The predicted molar refractivity (Wildman–Crippen MR) is 501 cm³/mol. The Morgan fingerprint density at radius 1 is 0.292 bits per heavy atom. The minimum absolute atomic E-state index is 0.165. The van der Waals surface area contributed by atoms with Crippen LogP contribution in [0.2, 0.25) is 0 Å². The summed E-state index contributed by atoms with van der Waals surface area (Å²) in [5, 5.41) is 7.67. The van der Waals surface area contributed by atoms with Crippen LogP contribution in [0.25, 0.3) is 131 Å². The Bertz CT molecular complexity index is 7240. The van der Waals surface area contributed by atoms with Crippen molar-refractivity contribution in [3.8, 4) is 28.2 Å². The first-order chi connectivity index (χ1) is 54.7. The van der Waals surface area contributed by atoms with Gasteiger partial charge in [-0.1, -0.05) is 168 Å². The molecule has 18 aromatic rings. The van der Waals surface area contributed by atoms with Gasteiger partial charge in [0.15, 0.2) is 0 Å². The van der Waals surface area contributed by atoms with Gasteiger partial charge in [-0.05, 0) is 267 Å². The van der Waals surface area contributed by atoms with E-state index in [0.717, 1.165) is 11.4 Å². The van der Waals surface area contributed by atoms with Crippen molar-refractivity contribution in [3.05, 3.63) is 283 Å². The molecule has 0 spiro atoms. The third kappa shape index (κ3) is 9.97. The van der Waals surface area contributed by atoms with Crippen LogP contribution in [-0.4, -0.2) is 23.7 Å². The number of fused-ring (bicyclic) bond motifs is 17. The summed E-state index contributed by atoms with van der Waals surface area (Å²) in [5.41, 5.74) is 39.1. The van der Waals surface area contributed by atoms with Crippen molar-refractivity contribution in [2.75, 3.05) is 4.90 Å². The maximum atomic E-state index is 2.74. The van der Waals surface area contributed by atoms with Crippen LogP contribution in [-0.2, 0) is 0 Å². The molecule has 0 saturated heterocycles. The molecule has 21 rings (SSSR count). The van der Waals surface area contributed by atoms with E-state index in [-0.39, 0.29) is 10.00 Å². The molecule has 0 bridgehead atoms. The highest BCUT2D eigenvalue weighted by Gasteiger charge is 2.50. The van der Waals surface area contributed by atoms with Gasteiger partial charge in [0.2, 0.25) is 0 Å². The van der Waals surface area contributed by atoms with E-state index in [1.165, 1.54) is 255 Å². The fourth-order valence-corrected chi connectivity index (χ4v) is 31.8. The molecule has 0 N–H and O–H groups in total. The molecule has 556 valence electrons. The molecule has 2 aliphatic heterocycles. The van der Waals surface area contributed by atoms with Crippen molar-refractivity contribution in [2.45, 2.75) is 157 Å². The molecular weight excluding hydrogens is 1530 g/mol. The van der Waals surface area contributed by atoms with Crippen LogP contribution in [0.3, 0.4) is 0 Å². The minimum atomic E-state index is -0.260. The second-order valence-corrected chi connectivity index (χ2v) is 40.6. The smallest absolute Gasteiger partial charge is 0.0838 e. The monoisotopic (exact) mass is 1610 g/mol. The first-order valence-electron chi connectivity index (χ1n) is 39.2. The summed E-state index contributed by atoms with van der Waals surface area (Å²) in [4.78, 5) is 10.6. The van der Waals surface area contributed by atoms with Crippen LogP contribution in [0, 0.1) is 83.1 Å². The maximum Gasteiger partial charge on any atom is 0.0838 e. The lowest BCUT2D eigenvalue weighted by Gasteiger charge is -2.48. The zero-order chi connectivity index (χ0) is 77.5. The Morgan fingerprint density at radius 3 is 1.06 bits per heavy atom. The van der Waals surface area contributed by atoms with Gasteiger partial charge in [0.1, 0.15) is 0 Å². The number of thioether (sulfide) groups is 2. The lowest BCUT2D eigenvalue weighted by Crippen LogP contribution is -2.42. The van der Waals surface area contributed by atoms with Crippen molar-refractivity contribution < 1.29 is 0 Å². The SMILES string of the molecule is CC1=C(C)C2Sc3c(c(N(c4ccccc4)c4ccccc4)c4c(c3-n3c5ccccc5c5c(-c6cccc7c6c6ccccc6n7-c6c7sc8c(C)c(C)c(C)c(C)c8sc7c(-n7c8ccccc8c8ccccc87)c7sc8c(C)c(C)c(C)c(C)c8sc67)cccc53)Sc3c(C)c(C)c(C)c(C)c3S4)SC2(C)C(C)=C1C. The molecule has 0 fully saturated rings. The van der Waals surface area contributed by atoms with E-state index in [1.54, 1.807) is 0 Å². The molecule has 4 nitrogen and oxygen atoms in total. The average molecular weight is 1610 g/mol. The van der Waals surface area contributed by atoms with E-state index < -0.39 is 0 Å². The van der Waals surface area contributed by atoms with E-state index in [2.05, 4.69) is 354 Å². The fraction of sp³-hybridized carbons (Fsp3) is 0.188. The van der Waals surface area contributed by atoms with Crippen LogP contribution >= 0.6 is 92.4 Å². The standard InChI is InChI=1S/C101H84N4S8/c1-50-52(3)60(11)88-86(58(50)9)106-92-82(103-74-44-28-24-38-68(74)69-39-25-29-45-75(69)103)93-95(109-89-61(12)53(4)51(2)59(10)87(89)107-93)83(94(92)108-88)104-76-46-30-26-40-72(76)80-70(42-32-48-78(80)104)71-43-33-49-79-81(71)73-41-27-31-47-77(73)105(79)84-96-97(111-91-63(14)55(6)54(5)62(13)90(91)110-96)85(102(66-34-20-18-21-35-66)67-36-22-19-23-37-67)99-98(84)112-100-64(15)56(7)57(8)65(16)101(100,17)113-99/h18-49,100H,1-17H3. The molecule has 0 radical (unpaired) electrons. The topological polar surface area (TPSA) is 18.0 Å². The molecule has 1 aliphatic carbocycles. The third-order valence-corrected chi connectivity index (χ3v) is 38.8. The number of para-hydroxylation sites is 6. The summed E-state index contributed by atoms with van der Waals surface area (Å²) < 4.78 is 18.5. The molecule has 0 amide bonds. The van der Waals surface area contributed by atoms with Gasteiger partial charge < -0.3 is 18.6 Å². The van der Waals surface area contributed by atoms with Crippen molar-refractivity contribution in [2.24, 2.45) is 0 Å². The molecule has 2 unspecified atom stereocenters. The summed E-state index contributed by atoms with van der Waals surface area (Å²) in [7, 11) is 0. The van der Waals surface area contributed by atoms with Gasteiger partial charge >= 0.3 is 0 Å². The number of aryl methyl sites for hydroxylation is 4. The van der Waals surface area contributed by atoms with E-state index >= 15 is 0 Å². The lowest BCUT2D eigenvalue weighted by molar-refractivity contribution is 0.702. The van der Waals surface area contributed by atoms with Crippen molar-refractivity contribution in [1.82, 2.24) is 13.7 Å². The van der Waals surface area contributed by atoms with Crippen molar-refractivity contribution in [3.63, 3.8) is 0 Å². The van der Waals surface area contributed by atoms with Gasteiger partial charge in [0.05, 0.1) is 89.2 Å². The molecule has 0 saturated carbocycles. The van der Waals surface area contributed by atoms with E-state index in [0.29, 0.717) is 0 Å². The number of rotatable bonds is 7. The van der Waals surface area contributed by atoms with Gasteiger partial charge in [-0.15, -0.1) is 68.9 Å². The van der Waals surface area contributed by atoms with Crippen molar-refractivity contribution >= 4 is 212 Å². The lowest BCUT2D eigenvalue weighted by atomic mass is 9.80. The third-order valence-electron chi connectivity index (χ3n) is 26.6. The molecular formula is C101H84N4S8. The first kappa shape index (κ1) is 71.6. The number of aromatic nitrogens is 3. The van der Waals surface area contributed by atoms with E-state index in [4.69, 9.17) is 0 Å². The average Bonchev–Trinajstić information content (AvgIpc) is 1.68. The highest BCUT2D eigenvalue weighted by molar-refractivity contribution is 8.08. The van der Waals surface area contributed by atoms with Gasteiger partial charge in [-0.25, -0.2) is 0 Å². The van der Waals surface area contributed by atoms with E-state index in [9.17, 15) is 0 Å². The van der Waals surface area contributed by atoms with Gasteiger partial charge in [-0.2, -0.15) is 0 Å². The normalized spacial score (nSPS) is 15.7. The number of hydrogen-bond acceptors (Lipinski definition) is 9. The minimum Gasteiger partial charge on any atom is -0.308 e. The first-order valence-corrected chi connectivity index (χ1v) is 45.8. The highest BCUT2D eigenvalue weighted by Crippen LogP contribution is 2.70. The van der Waals surface area contributed by atoms with Crippen LogP contribution in [0.15, 0.2) is 246 Å². The molecule has 5 aromatic heterocycles. The summed E-state index contributed by atoms with van der Waals surface area (Å²) >= 11 is 16.3. The van der Waals surface area contributed by atoms with Crippen LogP contribution in [0.4, 0.5) is 17.1 Å². The largest absolute Gasteiger partial charge is 0.308 e. The molecule has 13 aromatic carbocycles. The molecule has 3 aliphatic rings. The Hall–Kier alpha value is -9.18.